The van der Waals surface area contributed by atoms with Gasteiger partial charge in [-0.25, -0.2) is 19.3 Å². The van der Waals surface area contributed by atoms with Crippen molar-refractivity contribution in [2.45, 2.75) is 18.9 Å². The van der Waals surface area contributed by atoms with Crippen LogP contribution in [0.1, 0.15) is 12.8 Å². The van der Waals surface area contributed by atoms with Crippen molar-refractivity contribution in [2.24, 2.45) is 0 Å². The number of nitrogens with zero attached hydrogens (tertiary/aromatic N) is 4. The largest absolute Gasteiger partial charge is 0.350 e. The molecule has 8 heteroatoms. The average molecular weight is 394 g/mol. The summed E-state index contributed by atoms with van der Waals surface area (Å²) in [7, 11) is 0. The van der Waals surface area contributed by atoms with Crippen molar-refractivity contribution in [2.75, 3.05) is 18.4 Å². The average Bonchev–Trinajstić information content (AvgIpc) is 3.31. The van der Waals surface area contributed by atoms with Crippen LogP contribution in [0.3, 0.4) is 0 Å². The third-order valence-corrected chi connectivity index (χ3v) is 5.66. The van der Waals surface area contributed by atoms with Crippen molar-refractivity contribution in [1.82, 2.24) is 24.7 Å². The van der Waals surface area contributed by atoms with Gasteiger partial charge in [-0.15, -0.1) is 11.3 Å². The summed E-state index contributed by atoms with van der Waals surface area (Å²) in [5, 5.41) is 8.82. The minimum absolute atomic E-state index is 0.263. The lowest BCUT2D eigenvalue weighted by Crippen LogP contribution is -2.38. The van der Waals surface area contributed by atoms with Crippen LogP contribution in [-0.2, 0) is 0 Å². The molecule has 2 N–H and O–H groups in total. The standard InChI is InChI=1S/C20H19FN6S/c21-14-5-3-13(4-6-14)17-18(27-10-11-28-20(27)26-17)16-7-9-23-19(25-16)24-15-2-1-8-22-12-15/h3-7,9-11,15,22H,1-2,8,12H2,(H,23,24,25). The Kier molecular flexibility index (Phi) is 4.50. The van der Waals surface area contributed by atoms with E-state index in [2.05, 4.69) is 15.6 Å². The minimum atomic E-state index is -0.263. The van der Waals surface area contributed by atoms with E-state index >= 15 is 0 Å². The monoisotopic (exact) mass is 394 g/mol. The van der Waals surface area contributed by atoms with Gasteiger partial charge in [0.05, 0.1) is 11.4 Å². The first-order chi connectivity index (χ1) is 13.8. The molecule has 0 aliphatic carbocycles. The first-order valence-corrected chi connectivity index (χ1v) is 10.2. The normalized spacial score (nSPS) is 17.1. The highest BCUT2D eigenvalue weighted by Gasteiger charge is 2.19. The summed E-state index contributed by atoms with van der Waals surface area (Å²) >= 11 is 1.56. The fraction of sp³-hybridized carbons (Fsp3) is 0.250. The van der Waals surface area contributed by atoms with Crippen LogP contribution in [0.5, 0.6) is 0 Å². The van der Waals surface area contributed by atoms with Crippen molar-refractivity contribution in [3.63, 3.8) is 0 Å². The Bertz CT molecular complexity index is 1100. The summed E-state index contributed by atoms with van der Waals surface area (Å²) < 4.78 is 15.4. The Morgan fingerprint density at radius 3 is 2.89 bits per heavy atom. The second-order valence-corrected chi connectivity index (χ2v) is 7.70. The van der Waals surface area contributed by atoms with Crippen molar-refractivity contribution in [1.29, 1.82) is 0 Å². The number of imidazole rings is 1. The lowest BCUT2D eigenvalue weighted by Gasteiger charge is -2.23. The molecule has 0 bridgehead atoms. The zero-order valence-corrected chi connectivity index (χ0v) is 15.9. The first kappa shape index (κ1) is 17.3. The number of halogens is 1. The van der Waals surface area contributed by atoms with Gasteiger partial charge in [0.25, 0.3) is 0 Å². The van der Waals surface area contributed by atoms with Gasteiger partial charge in [0, 0.05) is 35.9 Å². The van der Waals surface area contributed by atoms with E-state index in [0.717, 1.165) is 53.5 Å². The molecule has 1 aromatic carbocycles. The van der Waals surface area contributed by atoms with E-state index in [4.69, 9.17) is 9.97 Å². The molecule has 4 heterocycles. The zero-order chi connectivity index (χ0) is 18.9. The number of fused-ring (bicyclic) bond motifs is 1. The second kappa shape index (κ2) is 7.29. The molecule has 142 valence electrons. The van der Waals surface area contributed by atoms with E-state index in [1.807, 2.05) is 22.0 Å². The van der Waals surface area contributed by atoms with E-state index in [9.17, 15) is 4.39 Å². The molecule has 28 heavy (non-hydrogen) atoms. The molecule has 3 aromatic heterocycles. The van der Waals surface area contributed by atoms with Crippen LogP contribution >= 0.6 is 11.3 Å². The Hall–Kier alpha value is -2.84. The number of rotatable bonds is 4. The Balaban J connectivity index is 1.57. The van der Waals surface area contributed by atoms with Crippen LogP contribution in [0.2, 0.25) is 0 Å². The van der Waals surface area contributed by atoms with Gasteiger partial charge >= 0.3 is 0 Å². The summed E-state index contributed by atoms with van der Waals surface area (Å²) in [6.07, 6.45) is 5.99. The van der Waals surface area contributed by atoms with Gasteiger partial charge in [-0.05, 0) is 49.7 Å². The molecule has 5 rings (SSSR count). The van der Waals surface area contributed by atoms with Gasteiger partial charge in [-0.2, -0.15) is 0 Å². The van der Waals surface area contributed by atoms with E-state index in [0.29, 0.717) is 12.0 Å². The maximum absolute atomic E-state index is 13.4. The number of anilines is 1. The van der Waals surface area contributed by atoms with Crippen molar-refractivity contribution in [3.05, 3.63) is 53.9 Å². The third kappa shape index (κ3) is 3.25. The van der Waals surface area contributed by atoms with Crippen LogP contribution in [0, 0.1) is 5.82 Å². The van der Waals surface area contributed by atoms with E-state index in [1.165, 1.54) is 12.1 Å². The second-order valence-electron chi connectivity index (χ2n) is 6.82. The lowest BCUT2D eigenvalue weighted by atomic mass is 10.1. The fourth-order valence-electron chi connectivity index (χ4n) is 3.56. The Morgan fingerprint density at radius 2 is 2.07 bits per heavy atom. The Labute approximate surface area is 165 Å². The first-order valence-electron chi connectivity index (χ1n) is 9.30. The molecule has 1 atom stereocenters. The van der Waals surface area contributed by atoms with Gasteiger partial charge in [0.2, 0.25) is 5.95 Å². The highest BCUT2D eigenvalue weighted by atomic mass is 32.1. The smallest absolute Gasteiger partial charge is 0.223 e. The topological polar surface area (TPSA) is 67.1 Å². The molecule has 1 unspecified atom stereocenters. The van der Waals surface area contributed by atoms with Crippen LogP contribution < -0.4 is 10.6 Å². The molecule has 0 saturated carbocycles. The predicted octanol–water partition coefficient (Wildman–Crippen LogP) is 3.82. The number of aromatic nitrogens is 4. The molecule has 6 nitrogen and oxygen atoms in total. The summed E-state index contributed by atoms with van der Waals surface area (Å²) in [5.41, 5.74) is 3.31. The third-order valence-electron chi connectivity index (χ3n) is 4.91. The fourth-order valence-corrected chi connectivity index (χ4v) is 4.27. The molecule has 1 aliphatic heterocycles. The van der Waals surface area contributed by atoms with Crippen LogP contribution in [-0.4, -0.2) is 38.5 Å². The highest BCUT2D eigenvalue weighted by molar-refractivity contribution is 7.15. The van der Waals surface area contributed by atoms with Gasteiger partial charge < -0.3 is 10.6 Å². The van der Waals surface area contributed by atoms with E-state index in [-0.39, 0.29) is 5.82 Å². The van der Waals surface area contributed by atoms with Crippen LogP contribution in [0.15, 0.2) is 48.1 Å². The number of hydrogen-bond donors (Lipinski definition) is 2. The molecular formula is C20H19FN6S. The summed E-state index contributed by atoms with van der Waals surface area (Å²) in [6.45, 7) is 1.97. The number of nitrogens with one attached hydrogen (secondary N) is 2. The van der Waals surface area contributed by atoms with Gasteiger partial charge in [-0.3, -0.25) is 4.40 Å². The SMILES string of the molecule is Fc1ccc(-c2nc3sccn3c2-c2ccnc(NC3CCCNC3)n2)cc1. The minimum Gasteiger partial charge on any atom is -0.350 e. The van der Waals surface area contributed by atoms with Crippen molar-refractivity contribution >= 4 is 22.2 Å². The number of piperidine rings is 1. The van der Waals surface area contributed by atoms with E-state index in [1.54, 1.807) is 29.7 Å². The Morgan fingerprint density at radius 1 is 1.18 bits per heavy atom. The maximum Gasteiger partial charge on any atom is 0.223 e. The number of thiazole rings is 1. The molecule has 1 fully saturated rings. The lowest BCUT2D eigenvalue weighted by molar-refractivity contribution is 0.478. The molecule has 1 aliphatic rings. The van der Waals surface area contributed by atoms with E-state index < -0.39 is 0 Å². The zero-order valence-electron chi connectivity index (χ0n) is 15.1. The summed E-state index contributed by atoms with van der Waals surface area (Å²) in [6, 6.07) is 8.62. The summed E-state index contributed by atoms with van der Waals surface area (Å²) in [5.74, 6) is 0.349. The highest BCUT2D eigenvalue weighted by Crippen LogP contribution is 2.33. The molecule has 0 amide bonds. The molecule has 1 saturated heterocycles. The molecule has 4 aromatic rings. The summed E-state index contributed by atoms with van der Waals surface area (Å²) in [4.78, 5) is 14.8. The van der Waals surface area contributed by atoms with Crippen LogP contribution in [0.4, 0.5) is 10.3 Å². The van der Waals surface area contributed by atoms with Gasteiger partial charge in [0.1, 0.15) is 11.5 Å². The molecular weight excluding hydrogens is 375 g/mol. The quantitative estimate of drug-likeness (QED) is 0.551. The van der Waals surface area contributed by atoms with Crippen molar-refractivity contribution < 1.29 is 4.39 Å². The van der Waals surface area contributed by atoms with Gasteiger partial charge in [0.15, 0.2) is 4.96 Å². The van der Waals surface area contributed by atoms with Crippen LogP contribution in [0.25, 0.3) is 27.6 Å². The number of hydrogen-bond acceptors (Lipinski definition) is 6. The molecule has 0 spiro atoms. The van der Waals surface area contributed by atoms with Crippen molar-refractivity contribution in [3.8, 4) is 22.6 Å². The predicted molar refractivity (Wildman–Crippen MR) is 109 cm³/mol. The number of benzene rings is 1. The van der Waals surface area contributed by atoms with Gasteiger partial charge in [-0.1, -0.05) is 0 Å². The molecule has 0 radical (unpaired) electrons. The maximum atomic E-state index is 13.4.